The van der Waals surface area contributed by atoms with Gasteiger partial charge in [-0.15, -0.1) is 8.78 Å². The van der Waals surface area contributed by atoms with E-state index in [1.807, 2.05) is 18.4 Å². The van der Waals surface area contributed by atoms with Gasteiger partial charge >= 0.3 is 5.57 Å². The molecule has 2 aromatic heterocycles. The second kappa shape index (κ2) is 7.95. The molecular weight excluding hydrogens is 430 g/mol. The summed E-state index contributed by atoms with van der Waals surface area (Å²) in [5, 5.41) is 13.3. The lowest BCUT2D eigenvalue weighted by Gasteiger charge is -2.13. The molecule has 0 fully saturated rings. The SMILES string of the molecule is CC(C)n1cnc2cc(C(=O)Nc3ccc(OC(F)(F)Cl)cc3)cc(-c3cn[nH]n3)c21. The lowest BCUT2D eigenvalue weighted by atomic mass is 10.0. The number of alkyl halides is 3. The van der Waals surface area contributed by atoms with Crippen molar-refractivity contribution in [3.63, 3.8) is 0 Å². The number of nitrogens with zero attached hydrogens (tertiary/aromatic N) is 4. The van der Waals surface area contributed by atoms with Gasteiger partial charge in [0.25, 0.3) is 5.91 Å². The van der Waals surface area contributed by atoms with Crippen LogP contribution in [0.5, 0.6) is 5.75 Å². The van der Waals surface area contributed by atoms with E-state index in [4.69, 9.17) is 11.6 Å². The number of benzene rings is 2. The molecule has 4 aromatic rings. The first-order chi connectivity index (χ1) is 14.7. The van der Waals surface area contributed by atoms with Crippen molar-refractivity contribution in [1.29, 1.82) is 0 Å². The van der Waals surface area contributed by atoms with Gasteiger partial charge in [0.2, 0.25) is 0 Å². The van der Waals surface area contributed by atoms with Crippen LogP contribution in [0.3, 0.4) is 0 Å². The van der Waals surface area contributed by atoms with E-state index < -0.39 is 11.5 Å². The van der Waals surface area contributed by atoms with Crippen LogP contribution in [-0.2, 0) is 0 Å². The molecule has 0 saturated heterocycles. The number of carbonyl (C=O) groups excluding carboxylic acids is 1. The molecule has 8 nitrogen and oxygen atoms in total. The quantitative estimate of drug-likeness (QED) is 0.414. The molecule has 0 radical (unpaired) electrons. The van der Waals surface area contributed by atoms with Gasteiger partial charge in [-0.25, -0.2) is 4.98 Å². The molecule has 0 atom stereocenters. The summed E-state index contributed by atoms with van der Waals surface area (Å²) in [6, 6.07) is 8.96. The lowest BCUT2D eigenvalue weighted by Crippen LogP contribution is -2.16. The maximum atomic E-state index is 12.9. The zero-order chi connectivity index (χ0) is 22.2. The molecule has 0 spiro atoms. The number of carbonyl (C=O) groups is 1. The highest BCUT2D eigenvalue weighted by Crippen LogP contribution is 2.31. The maximum Gasteiger partial charge on any atom is 0.487 e. The van der Waals surface area contributed by atoms with Crippen molar-refractivity contribution >= 4 is 34.2 Å². The number of aromatic nitrogens is 5. The second-order valence-corrected chi connectivity index (χ2v) is 7.46. The second-order valence-electron chi connectivity index (χ2n) is 7.02. The van der Waals surface area contributed by atoms with Crippen LogP contribution in [-0.4, -0.2) is 36.4 Å². The average molecular weight is 447 g/mol. The summed E-state index contributed by atoms with van der Waals surface area (Å²) < 4.78 is 31.7. The van der Waals surface area contributed by atoms with Crippen molar-refractivity contribution in [3.05, 3.63) is 54.5 Å². The smallest absolute Gasteiger partial charge is 0.420 e. The van der Waals surface area contributed by atoms with Crippen molar-refractivity contribution < 1.29 is 18.3 Å². The largest absolute Gasteiger partial charge is 0.487 e. The van der Waals surface area contributed by atoms with Crippen molar-refractivity contribution in [2.75, 3.05) is 5.32 Å². The highest BCUT2D eigenvalue weighted by Gasteiger charge is 2.27. The van der Waals surface area contributed by atoms with Crippen LogP contribution in [0.2, 0.25) is 0 Å². The summed E-state index contributed by atoms with van der Waals surface area (Å²) in [5.41, 5.74) is -0.312. The van der Waals surface area contributed by atoms with Gasteiger partial charge in [0.05, 0.1) is 23.6 Å². The molecule has 2 aromatic carbocycles. The van der Waals surface area contributed by atoms with Crippen molar-refractivity contribution in [2.24, 2.45) is 0 Å². The Hall–Kier alpha value is -3.53. The molecule has 0 saturated carbocycles. The monoisotopic (exact) mass is 446 g/mol. The first kappa shape index (κ1) is 20.7. The minimum atomic E-state index is -3.81. The predicted molar refractivity (Wildman–Crippen MR) is 111 cm³/mol. The van der Waals surface area contributed by atoms with Crippen LogP contribution in [0.15, 0.2) is 48.9 Å². The molecule has 0 aliphatic heterocycles. The Kier molecular flexibility index (Phi) is 5.32. The fraction of sp³-hybridized carbons (Fsp3) is 0.200. The van der Waals surface area contributed by atoms with Crippen LogP contribution < -0.4 is 10.1 Å². The molecule has 1 amide bonds. The molecule has 11 heteroatoms. The Balaban J connectivity index is 1.66. The number of ether oxygens (including phenoxy) is 1. The number of H-pyrrole nitrogens is 1. The first-order valence-corrected chi connectivity index (χ1v) is 9.63. The number of nitrogens with one attached hydrogen (secondary N) is 2. The number of rotatable bonds is 6. The summed E-state index contributed by atoms with van der Waals surface area (Å²) in [6.45, 7) is 4.06. The standard InChI is InChI=1S/C20H17ClF2N6O2/c1-11(2)29-10-24-16-8-12(7-15(18(16)29)17-9-25-28-27-17)19(30)26-13-3-5-14(6-4-13)31-20(21,22)23/h3-11H,1-2H3,(H,26,30)(H,25,27,28). The van der Waals surface area contributed by atoms with Gasteiger partial charge in [0, 0.05) is 34.5 Å². The zero-order valence-corrected chi connectivity index (χ0v) is 17.2. The minimum Gasteiger partial charge on any atom is -0.420 e. The van der Waals surface area contributed by atoms with Gasteiger partial charge in [-0.3, -0.25) is 4.79 Å². The number of hydrogen-bond acceptors (Lipinski definition) is 5. The third-order valence-electron chi connectivity index (χ3n) is 4.52. The van der Waals surface area contributed by atoms with E-state index in [1.165, 1.54) is 24.3 Å². The minimum absolute atomic E-state index is 0.132. The highest BCUT2D eigenvalue weighted by molar-refractivity contribution is 6.20. The number of fused-ring (bicyclic) bond motifs is 1. The molecule has 31 heavy (non-hydrogen) atoms. The van der Waals surface area contributed by atoms with Crippen LogP contribution >= 0.6 is 11.6 Å². The third-order valence-corrected chi connectivity index (χ3v) is 4.60. The van der Waals surface area contributed by atoms with Crippen LogP contribution in [0, 0.1) is 0 Å². The average Bonchev–Trinajstić information content (AvgIpc) is 3.37. The lowest BCUT2D eigenvalue weighted by molar-refractivity contribution is -0.0964. The number of amides is 1. The Morgan fingerprint density at radius 2 is 2.00 bits per heavy atom. The molecule has 2 heterocycles. The van der Waals surface area contributed by atoms with E-state index in [1.54, 1.807) is 24.7 Å². The Morgan fingerprint density at radius 3 is 2.61 bits per heavy atom. The van der Waals surface area contributed by atoms with Gasteiger partial charge in [0.1, 0.15) is 11.4 Å². The fourth-order valence-electron chi connectivity index (χ4n) is 3.16. The van der Waals surface area contributed by atoms with Crippen molar-refractivity contribution in [2.45, 2.75) is 25.5 Å². The molecule has 160 valence electrons. The van der Waals surface area contributed by atoms with Crippen LogP contribution in [0.1, 0.15) is 30.2 Å². The van der Waals surface area contributed by atoms with E-state index in [2.05, 4.69) is 30.4 Å². The number of aromatic amines is 1. The molecular formula is C20H17ClF2N6O2. The third kappa shape index (κ3) is 4.48. The Labute approximate surface area is 180 Å². The highest BCUT2D eigenvalue weighted by atomic mass is 35.5. The summed E-state index contributed by atoms with van der Waals surface area (Å²) in [4.78, 5) is 17.3. The first-order valence-electron chi connectivity index (χ1n) is 9.25. The van der Waals surface area contributed by atoms with Gasteiger partial charge in [0.15, 0.2) is 0 Å². The molecule has 0 aliphatic carbocycles. The number of halogens is 3. The summed E-state index contributed by atoms with van der Waals surface area (Å²) in [6.07, 6.45) is 3.28. The van der Waals surface area contributed by atoms with Crippen molar-refractivity contribution in [1.82, 2.24) is 25.0 Å². The van der Waals surface area contributed by atoms with E-state index in [9.17, 15) is 13.6 Å². The Bertz CT molecular complexity index is 1220. The van der Waals surface area contributed by atoms with Crippen molar-refractivity contribution in [3.8, 4) is 17.0 Å². The van der Waals surface area contributed by atoms with Gasteiger partial charge in [-0.1, -0.05) is 0 Å². The van der Waals surface area contributed by atoms with Gasteiger partial charge < -0.3 is 14.6 Å². The molecule has 0 bridgehead atoms. The molecule has 0 aliphatic rings. The van der Waals surface area contributed by atoms with E-state index in [0.29, 0.717) is 28.0 Å². The van der Waals surface area contributed by atoms with E-state index in [-0.39, 0.29) is 11.8 Å². The Morgan fingerprint density at radius 1 is 1.26 bits per heavy atom. The molecule has 0 unspecified atom stereocenters. The molecule has 2 N–H and O–H groups in total. The topological polar surface area (TPSA) is 97.7 Å². The summed E-state index contributed by atoms with van der Waals surface area (Å²) in [5.74, 6) is -0.533. The fourth-order valence-corrected chi connectivity index (χ4v) is 3.25. The van der Waals surface area contributed by atoms with Crippen LogP contribution in [0.4, 0.5) is 14.5 Å². The van der Waals surface area contributed by atoms with Gasteiger partial charge in [-0.2, -0.15) is 15.4 Å². The predicted octanol–water partition coefficient (Wildman–Crippen LogP) is 4.82. The summed E-state index contributed by atoms with van der Waals surface area (Å²) >= 11 is 4.75. The number of imidazole rings is 1. The normalized spacial score (nSPS) is 11.8. The van der Waals surface area contributed by atoms with E-state index >= 15 is 0 Å². The zero-order valence-electron chi connectivity index (χ0n) is 16.4. The maximum absolute atomic E-state index is 12.9. The number of anilines is 1. The van der Waals surface area contributed by atoms with Crippen LogP contribution in [0.25, 0.3) is 22.3 Å². The van der Waals surface area contributed by atoms with E-state index in [0.717, 1.165) is 5.52 Å². The molecule has 4 rings (SSSR count). The number of hydrogen-bond donors (Lipinski definition) is 2. The van der Waals surface area contributed by atoms with Gasteiger partial charge in [-0.05, 0) is 50.2 Å². The summed E-state index contributed by atoms with van der Waals surface area (Å²) in [7, 11) is 0.